The predicted molar refractivity (Wildman–Crippen MR) is 117 cm³/mol. The molecule has 2 N–H and O–H groups in total. The van der Waals surface area contributed by atoms with Crippen molar-refractivity contribution in [2.24, 2.45) is 10.8 Å². The molecule has 0 spiro atoms. The first-order chi connectivity index (χ1) is 13.5. The van der Waals surface area contributed by atoms with Crippen LogP contribution in [-0.4, -0.2) is 19.5 Å². The first-order valence-corrected chi connectivity index (χ1v) is 9.55. The molecule has 0 aliphatic heterocycles. The van der Waals surface area contributed by atoms with Gasteiger partial charge >= 0.3 is 7.69 Å². The molecule has 0 unspecified atom stereocenters. The van der Waals surface area contributed by atoms with Crippen molar-refractivity contribution >= 4 is 30.9 Å². The molecular weight excluding hydrogens is 367 g/mol. The third-order valence-corrected chi connectivity index (χ3v) is 4.06. The van der Waals surface area contributed by atoms with E-state index in [9.17, 15) is 9.59 Å². The zero-order valence-corrected chi connectivity index (χ0v) is 18.0. The molecule has 0 heterocycles. The van der Waals surface area contributed by atoms with Gasteiger partial charge in [0.25, 0.3) is 0 Å². The Morgan fingerprint density at radius 3 is 1.38 bits per heavy atom. The number of hydrogen-bond acceptors (Lipinski definition) is 4. The number of benzene rings is 2. The highest BCUT2D eigenvalue weighted by atomic mass is 16.6. The summed E-state index contributed by atoms with van der Waals surface area (Å²) in [7, 11) is -0.0786. The molecule has 2 aromatic carbocycles. The summed E-state index contributed by atoms with van der Waals surface area (Å²) in [4.78, 5) is 24.5. The Balaban J connectivity index is 2.05. The fourth-order valence-electron chi connectivity index (χ4n) is 2.17. The van der Waals surface area contributed by atoms with Gasteiger partial charge in [-0.1, -0.05) is 65.8 Å². The SMILES string of the molecule is CC(C)(C)C(=O)Nc1ccccc1OBOc1ccccc1NC(=O)C(C)(C)C. The van der Waals surface area contributed by atoms with E-state index in [0.717, 1.165) is 0 Å². The van der Waals surface area contributed by atoms with E-state index in [-0.39, 0.29) is 19.5 Å². The molecule has 6 nitrogen and oxygen atoms in total. The smallest absolute Gasteiger partial charge is 0.527 e. The summed E-state index contributed by atoms with van der Waals surface area (Å²) < 4.78 is 11.5. The van der Waals surface area contributed by atoms with Crippen LogP contribution >= 0.6 is 0 Å². The van der Waals surface area contributed by atoms with Crippen LogP contribution < -0.4 is 19.9 Å². The summed E-state index contributed by atoms with van der Waals surface area (Å²) in [6, 6.07) is 14.3. The molecule has 29 heavy (non-hydrogen) atoms. The highest BCUT2D eigenvalue weighted by Crippen LogP contribution is 2.28. The lowest BCUT2D eigenvalue weighted by Gasteiger charge is -2.20. The van der Waals surface area contributed by atoms with Crippen molar-refractivity contribution < 1.29 is 18.9 Å². The molecule has 0 fully saturated rings. The van der Waals surface area contributed by atoms with Crippen LogP contribution in [0.15, 0.2) is 48.5 Å². The lowest BCUT2D eigenvalue weighted by molar-refractivity contribution is -0.123. The quantitative estimate of drug-likeness (QED) is 0.711. The summed E-state index contributed by atoms with van der Waals surface area (Å²) in [5.41, 5.74) is 0.109. The Morgan fingerprint density at radius 2 is 1.03 bits per heavy atom. The number of amides is 2. The summed E-state index contributed by atoms with van der Waals surface area (Å²) in [6.45, 7) is 11.1. The summed E-state index contributed by atoms with van der Waals surface area (Å²) in [6.07, 6.45) is 0. The van der Waals surface area contributed by atoms with Crippen molar-refractivity contribution in [1.82, 2.24) is 0 Å². The number of anilines is 2. The van der Waals surface area contributed by atoms with Gasteiger partial charge in [-0.05, 0) is 24.3 Å². The second-order valence-electron chi connectivity index (χ2n) is 8.81. The Morgan fingerprint density at radius 1 is 0.690 bits per heavy atom. The highest BCUT2D eigenvalue weighted by Gasteiger charge is 2.23. The van der Waals surface area contributed by atoms with E-state index in [1.807, 2.05) is 65.8 Å². The van der Waals surface area contributed by atoms with Crippen LogP contribution in [-0.2, 0) is 9.59 Å². The van der Waals surface area contributed by atoms with E-state index in [0.29, 0.717) is 22.9 Å². The monoisotopic (exact) mass is 396 g/mol. The van der Waals surface area contributed by atoms with Gasteiger partial charge < -0.3 is 19.9 Å². The lowest BCUT2D eigenvalue weighted by Crippen LogP contribution is -2.28. The molecule has 2 aromatic rings. The molecule has 0 aliphatic rings. The van der Waals surface area contributed by atoms with Gasteiger partial charge in [-0.2, -0.15) is 0 Å². The second-order valence-corrected chi connectivity index (χ2v) is 8.81. The summed E-state index contributed by atoms with van der Waals surface area (Å²) in [5, 5.41) is 5.75. The third-order valence-electron chi connectivity index (χ3n) is 4.06. The Labute approximate surface area is 173 Å². The zero-order valence-electron chi connectivity index (χ0n) is 18.0. The van der Waals surface area contributed by atoms with Gasteiger partial charge in [0.05, 0.1) is 11.4 Å². The maximum absolute atomic E-state index is 12.3. The van der Waals surface area contributed by atoms with E-state index < -0.39 is 10.8 Å². The van der Waals surface area contributed by atoms with E-state index in [2.05, 4.69) is 10.6 Å². The van der Waals surface area contributed by atoms with Crippen LogP contribution in [0.4, 0.5) is 11.4 Å². The number of hydrogen-bond donors (Lipinski definition) is 2. The van der Waals surface area contributed by atoms with Crippen LogP contribution in [0.1, 0.15) is 41.5 Å². The molecule has 0 bridgehead atoms. The number of nitrogens with one attached hydrogen (secondary N) is 2. The standard InChI is InChI=1S/C22H29BN2O4/c1-21(2,3)19(26)24-15-11-7-9-13-17(15)28-23-29-18-14-10-8-12-16(18)25-20(27)22(4,5)6/h7-14,23H,1-6H3,(H,24,26)(H,25,27). The van der Waals surface area contributed by atoms with Gasteiger partial charge in [-0.25, -0.2) is 0 Å². The Kier molecular flexibility index (Phi) is 6.95. The molecule has 0 radical (unpaired) electrons. The van der Waals surface area contributed by atoms with E-state index in [1.165, 1.54) is 0 Å². The number of carbonyl (C=O) groups is 2. The van der Waals surface area contributed by atoms with Crippen molar-refractivity contribution in [3.63, 3.8) is 0 Å². The molecule has 0 saturated carbocycles. The molecule has 0 aromatic heterocycles. The van der Waals surface area contributed by atoms with Crippen molar-refractivity contribution in [3.05, 3.63) is 48.5 Å². The van der Waals surface area contributed by atoms with E-state index in [1.54, 1.807) is 24.3 Å². The van der Waals surface area contributed by atoms with Crippen LogP contribution in [0, 0.1) is 10.8 Å². The van der Waals surface area contributed by atoms with Gasteiger partial charge in [0.2, 0.25) is 11.8 Å². The normalized spacial score (nSPS) is 11.4. The molecule has 0 saturated heterocycles. The van der Waals surface area contributed by atoms with Crippen molar-refractivity contribution in [1.29, 1.82) is 0 Å². The fourth-order valence-corrected chi connectivity index (χ4v) is 2.17. The molecular formula is C22H29BN2O4. The minimum absolute atomic E-state index is 0.0786. The van der Waals surface area contributed by atoms with Crippen LogP contribution in [0.5, 0.6) is 11.5 Å². The molecule has 154 valence electrons. The Bertz CT molecular complexity index is 798. The molecule has 2 rings (SSSR count). The maximum Gasteiger partial charge on any atom is 0.576 e. The molecule has 7 heteroatoms. The van der Waals surface area contributed by atoms with Crippen molar-refractivity contribution in [2.45, 2.75) is 41.5 Å². The Hall–Kier alpha value is -2.96. The van der Waals surface area contributed by atoms with E-state index >= 15 is 0 Å². The van der Waals surface area contributed by atoms with Crippen LogP contribution in [0.3, 0.4) is 0 Å². The summed E-state index contributed by atoms with van der Waals surface area (Å²) >= 11 is 0. The average Bonchev–Trinajstić information content (AvgIpc) is 2.63. The maximum atomic E-state index is 12.3. The van der Waals surface area contributed by atoms with Gasteiger partial charge in [-0.3, -0.25) is 9.59 Å². The fraction of sp³-hybridized carbons (Fsp3) is 0.364. The van der Waals surface area contributed by atoms with Crippen LogP contribution in [0.25, 0.3) is 0 Å². The third kappa shape index (κ3) is 6.56. The largest absolute Gasteiger partial charge is 0.576 e. The first-order valence-electron chi connectivity index (χ1n) is 9.55. The molecule has 2 amide bonds. The number of para-hydroxylation sites is 4. The summed E-state index contributed by atoms with van der Waals surface area (Å²) in [5.74, 6) is 0.789. The number of rotatable bonds is 6. The van der Waals surface area contributed by atoms with Crippen LogP contribution in [0.2, 0.25) is 0 Å². The first kappa shape index (κ1) is 22.3. The number of carbonyl (C=O) groups excluding carboxylic acids is 2. The molecule has 0 aliphatic carbocycles. The van der Waals surface area contributed by atoms with E-state index in [4.69, 9.17) is 9.31 Å². The van der Waals surface area contributed by atoms with Crippen molar-refractivity contribution in [2.75, 3.05) is 10.6 Å². The second kappa shape index (κ2) is 9.03. The van der Waals surface area contributed by atoms with Crippen molar-refractivity contribution in [3.8, 4) is 11.5 Å². The van der Waals surface area contributed by atoms with Gasteiger partial charge in [0, 0.05) is 10.8 Å². The minimum atomic E-state index is -0.520. The topological polar surface area (TPSA) is 76.7 Å². The highest BCUT2D eigenvalue weighted by molar-refractivity contribution is 6.21. The predicted octanol–water partition coefficient (Wildman–Crippen LogP) is 4.38. The van der Waals surface area contributed by atoms with Gasteiger partial charge in [0.15, 0.2) is 0 Å². The minimum Gasteiger partial charge on any atom is -0.527 e. The van der Waals surface area contributed by atoms with Gasteiger partial charge in [0.1, 0.15) is 11.5 Å². The lowest BCUT2D eigenvalue weighted by atomic mass is 9.95. The average molecular weight is 396 g/mol. The molecule has 0 atom stereocenters. The zero-order chi connectivity index (χ0) is 21.7. The van der Waals surface area contributed by atoms with Gasteiger partial charge in [-0.15, -0.1) is 0 Å².